The zero-order chi connectivity index (χ0) is 11.6. The molecule has 1 rings (SSSR count). The fraction of sp³-hybridized carbons (Fsp3) is 0.467. The molecule has 82 valence electrons. The molecule has 0 saturated heterocycles. The van der Waals surface area contributed by atoms with Gasteiger partial charge in [0.1, 0.15) is 0 Å². The summed E-state index contributed by atoms with van der Waals surface area (Å²) in [7, 11) is 0. The van der Waals surface area contributed by atoms with Gasteiger partial charge >= 0.3 is 0 Å². The maximum Gasteiger partial charge on any atom is -0.0239 e. The first-order chi connectivity index (χ1) is 7.00. The summed E-state index contributed by atoms with van der Waals surface area (Å²) in [5, 5.41) is 0. The van der Waals surface area contributed by atoms with Gasteiger partial charge in [-0.15, -0.1) is 6.58 Å². The van der Waals surface area contributed by atoms with Crippen molar-refractivity contribution in [3.63, 3.8) is 0 Å². The monoisotopic (exact) mass is 202 g/mol. The third-order valence-electron chi connectivity index (χ3n) is 3.75. The molecule has 0 fully saturated rings. The van der Waals surface area contributed by atoms with E-state index >= 15 is 0 Å². The van der Waals surface area contributed by atoms with Crippen molar-refractivity contribution in [2.24, 2.45) is 0 Å². The molecule has 1 aromatic rings. The highest BCUT2D eigenvalue weighted by Crippen LogP contribution is 2.26. The topological polar surface area (TPSA) is 0 Å². The van der Waals surface area contributed by atoms with Crippen LogP contribution in [0.25, 0.3) is 0 Å². The van der Waals surface area contributed by atoms with E-state index in [1.165, 1.54) is 33.4 Å². The second-order valence-electron chi connectivity index (χ2n) is 4.43. The predicted molar refractivity (Wildman–Crippen MR) is 68.6 cm³/mol. The van der Waals surface area contributed by atoms with E-state index in [0.29, 0.717) is 0 Å². The summed E-state index contributed by atoms with van der Waals surface area (Å²) in [4.78, 5) is 0. The molecule has 0 radical (unpaired) electrons. The fourth-order valence-electron chi connectivity index (χ4n) is 2.20. The van der Waals surface area contributed by atoms with E-state index in [9.17, 15) is 0 Å². The first-order valence-electron chi connectivity index (χ1n) is 5.67. The van der Waals surface area contributed by atoms with Gasteiger partial charge < -0.3 is 0 Å². The highest BCUT2D eigenvalue weighted by atomic mass is 14.2. The van der Waals surface area contributed by atoms with Crippen LogP contribution < -0.4 is 0 Å². The van der Waals surface area contributed by atoms with E-state index in [0.717, 1.165) is 12.8 Å². The molecule has 0 atom stereocenters. The van der Waals surface area contributed by atoms with Crippen LogP contribution in [0.15, 0.2) is 12.7 Å². The Kier molecular flexibility index (Phi) is 3.73. The molecule has 0 saturated carbocycles. The van der Waals surface area contributed by atoms with Crippen LogP contribution in [0.1, 0.15) is 39.8 Å². The van der Waals surface area contributed by atoms with Crippen LogP contribution in [0.2, 0.25) is 0 Å². The van der Waals surface area contributed by atoms with Crippen LogP contribution >= 0.6 is 0 Å². The molecule has 0 heterocycles. The van der Waals surface area contributed by atoms with Gasteiger partial charge in [-0.25, -0.2) is 0 Å². The Bertz CT molecular complexity index is 355. The molecular weight excluding hydrogens is 180 g/mol. The summed E-state index contributed by atoms with van der Waals surface area (Å²) in [5.74, 6) is 0. The van der Waals surface area contributed by atoms with E-state index in [-0.39, 0.29) is 0 Å². The Labute approximate surface area is 94.0 Å². The number of hydrogen-bond donors (Lipinski definition) is 0. The molecule has 0 amide bonds. The van der Waals surface area contributed by atoms with Crippen molar-refractivity contribution in [1.82, 2.24) is 0 Å². The molecule has 0 aromatic heterocycles. The Morgan fingerprint density at radius 2 is 1.20 bits per heavy atom. The fourth-order valence-corrected chi connectivity index (χ4v) is 2.20. The number of hydrogen-bond acceptors (Lipinski definition) is 0. The van der Waals surface area contributed by atoms with Crippen molar-refractivity contribution in [3.05, 3.63) is 46.0 Å². The van der Waals surface area contributed by atoms with E-state index in [1.807, 2.05) is 6.08 Å². The van der Waals surface area contributed by atoms with E-state index < -0.39 is 0 Å². The van der Waals surface area contributed by atoms with Gasteiger partial charge in [-0.2, -0.15) is 0 Å². The first kappa shape index (κ1) is 12.0. The van der Waals surface area contributed by atoms with Crippen LogP contribution in [0.4, 0.5) is 0 Å². The molecule has 15 heavy (non-hydrogen) atoms. The van der Waals surface area contributed by atoms with Gasteiger partial charge in [0.2, 0.25) is 0 Å². The van der Waals surface area contributed by atoms with Crippen LogP contribution in [-0.4, -0.2) is 0 Å². The molecule has 0 aliphatic carbocycles. The highest BCUT2D eigenvalue weighted by molar-refractivity contribution is 5.49. The minimum atomic E-state index is 1.07. The second-order valence-corrected chi connectivity index (χ2v) is 4.43. The maximum absolute atomic E-state index is 3.80. The smallest absolute Gasteiger partial charge is 0.0239 e. The normalized spacial score (nSPS) is 10.5. The van der Waals surface area contributed by atoms with Crippen molar-refractivity contribution in [2.75, 3.05) is 0 Å². The van der Waals surface area contributed by atoms with Crippen LogP contribution in [0.5, 0.6) is 0 Å². The minimum Gasteiger partial charge on any atom is -0.103 e. The predicted octanol–water partition coefficient (Wildman–Crippen LogP) is 4.35. The summed E-state index contributed by atoms with van der Waals surface area (Å²) in [6.45, 7) is 15.0. The van der Waals surface area contributed by atoms with Gasteiger partial charge in [0.25, 0.3) is 0 Å². The molecular formula is C15H22. The lowest BCUT2D eigenvalue weighted by Crippen LogP contribution is -2.02. The molecule has 0 bridgehead atoms. The molecule has 0 spiro atoms. The van der Waals surface area contributed by atoms with Gasteiger partial charge in [-0.3, -0.25) is 0 Å². The molecule has 0 aliphatic rings. The molecule has 1 aromatic carbocycles. The Morgan fingerprint density at radius 3 is 1.60 bits per heavy atom. The zero-order valence-electron chi connectivity index (χ0n) is 10.7. The summed E-state index contributed by atoms with van der Waals surface area (Å²) in [6.07, 6.45) is 4.20. The Hall–Kier alpha value is -1.04. The standard InChI is InChI=1S/C15H22/c1-7-8-9-15-13(5)11(3)10(2)12(4)14(15)6/h7H,1,8-9H2,2-6H3. The third kappa shape index (κ3) is 2.14. The van der Waals surface area contributed by atoms with Gasteiger partial charge in [-0.1, -0.05) is 6.08 Å². The van der Waals surface area contributed by atoms with Crippen LogP contribution in [-0.2, 0) is 6.42 Å². The second kappa shape index (κ2) is 4.65. The Morgan fingerprint density at radius 1 is 0.800 bits per heavy atom. The molecule has 0 aliphatic heterocycles. The first-order valence-corrected chi connectivity index (χ1v) is 5.67. The summed E-state index contributed by atoms with van der Waals surface area (Å²) in [6, 6.07) is 0. The average Bonchev–Trinajstić information content (AvgIpc) is 2.24. The van der Waals surface area contributed by atoms with Crippen molar-refractivity contribution in [3.8, 4) is 0 Å². The summed E-state index contributed by atoms with van der Waals surface area (Å²) in [5.41, 5.74) is 8.83. The zero-order valence-corrected chi connectivity index (χ0v) is 10.7. The largest absolute Gasteiger partial charge is 0.103 e. The quantitative estimate of drug-likeness (QED) is 0.639. The Balaban J connectivity index is 3.31. The third-order valence-corrected chi connectivity index (χ3v) is 3.75. The van der Waals surface area contributed by atoms with Gasteiger partial charge in [0, 0.05) is 0 Å². The lowest BCUT2D eigenvalue weighted by Gasteiger charge is -2.18. The molecule has 0 unspecified atom stereocenters. The van der Waals surface area contributed by atoms with Crippen molar-refractivity contribution < 1.29 is 0 Å². The molecule has 0 N–H and O–H groups in total. The van der Waals surface area contributed by atoms with Gasteiger partial charge in [0.05, 0.1) is 0 Å². The minimum absolute atomic E-state index is 1.07. The van der Waals surface area contributed by atoms with E-state index in [1.54, 1.807) is 0 Å². The van der Waals surface area contributed by atoms with Crippen molar-refractivity contribution in [2.45, 2.75) is 47.5 Å². The van der Waals surface area contributed by atoms with Gasteiger partial charge in [0.15, 0.2) is 0 Å². The summed E-state index contributed by atoms with van der Waals surface area (Å²) < 4.78 is 0. The lowest BCUT2D eigenvalue weighted by atomic mass is 9.88. The maximum atomic E-state index is 3.80. The number of allylic oxidation sites excluding steroid dienone is 1. The van der Waals surface area contributed by atoms with E-state index in [2.05, 4.69) is 41.2 Å². The van der Waals surface area contributed by atoms with Crippen molar-refractivity contribution >= 4 is 0 Å². The van der Waals surface area contributed by atoms with Crippen molar-refractivity contribution in [1.29, 1.82) is 0 Å². The lowest BCUT2D eigenvalue weighted by molar-refractivity contribution is 0.956. The SMILES string of the molecule is C=CCCc1c(C)c(C)c(C)c(C)c1C. The van der Waals surface area contributed by atoms with Crippen LogP contribution in [0, 0.1) is 34.6 Å². The molecule has 0 heteroatoms. The van der Waals surface area contributed by atoms with Crippen LogP contribution in [0.3, 0.4) is 0 Å². The number of rotatable bonds is 3. The highest BCUT2D eigenvalue weighted by Gasteiger charge is 2.10. The van der Waals surface area contributed by atoms with Gasteiger partial charge in [-0.05, 0) is 80.8 Å². The average molecular weight is 202 g/mol. The number of benzene rings is 1. The van der Waals surface area contributed by atoms with E-state index in [4.69, 9.17) is 0 Å². The molecule has 0 nitrogen and oxygen atoms in total. The summed E-state index contributed by atoms with van der Waals surface area (Å²) >= 11 is 0.